The van der Waals surface area contributed by atoms with Gasteiger partial charge in [0.05, 0.1) is 5.69 Å². The minimum atomic E-state index is -0.781. The Kier molecular flexibility index (Phi) is 4.77. The topological polar surface area (TPSA) is 37.0 Å². The Labute approximate surface area is 128 Å². The number of pyridine rings is 1. The lowest BCUT2D eigenvalue weighted by molar-refractivity contribution is 0.579. The van der Waals surface area contributed by atoms with Crippen molar-refractivity contribution in [3.05, 3.63) is 45.4 Å². The van der Waals surface area contributed by atoms with Crippen LogP contribution in [0.2, 0.25) is 5.02 Å². The first kappa shape index (κ1) is 15.0. The Balaban J connectivity index is 2.37. The molecule has 0 aliphatic carbocycles. The lowest BCUT2D eigenvalue weighted by atomic mass is 10.3. The van der Waals surface area contributed by atoms with Gasteiger partial charge in [0.2, 0.25) is 0 Å². The summed E-state index contributed by atoms with van der Waals surface area (Å²) in [7, 11) is 0. The Hall–Kier alpha value is -1.40. The van der Waals surface area contributed by atoms with Crippen LogP contribution in [0, 0.1) is 11.6 Å². The quantitative estimate of drug-likeness (QED) is 0.808. The van der Waals surface area contributed by atoms with Crippen LogP contribution in [0.4, 0.5) is 26.1 Å². The SMILES string of the molecule is CCNc1nc(Nc2cc(Cl)ccc2Br)c(F)cc1F. The molecule has 1 aromatic heterocycles. The number of nitrogens with zero attached hydrogens (tertiary/aromatic N) is 1. The van der Waals surface area contributed by atoms with Crippen molar-refractivity contribution < 1.29 is 8.78 Å². The zero-order valence-corrected chi connectivity index (χ0v) is 12.8. The molecule has 0 saturated heterocycles. The Morgan fingerprint density at radius 1 is 1.20 bits per heavy atom. The van der Waals surface area contributed by atoms with Gasteiger partial charge in [0.15, 0.2) is 23.3 Å². The number of nitrogens with one attached hydrogen (secondary N) is 2. The van der Waals surface area contributed by atoms with Gasteiger partial charge in [0.1, 0.15) is 0 Å². The summed E-state index contributed by atoms with van der Waals surface area (Å²) in [5.41, 5.74) is 0.540. The second-order valence-corrected chi connectivity index (χ2v) is 5.22. The predicted molar refractivity (Wildman–Crippen MR) is 80.8 cm³/mol. The van der Waals surface area contributed by atoms with Crippen molar-refractivity contribution in [1.82, 2.24) is 4.98 Å². The van der Waals surface area contributed by atoms with E-state index < -0.39 is 11.6 Å². The van der Waals surface area contributed by atoms with Gasteiger partial charge < -0.3 is 10.6 Å². The maximum Gasteiger partial charge on any atom is 0.169 e. The standard InChI is InChI=1S/C13H11BrClF2N3/c1-2-18-12-9(16)6-10(17)13(20-12)19-11-5-7(15)3-4-8(11)14/h3-6H,2H2,1H3,(H2,18,19,20). The lowest BCUT2D eigenvalue weighted by Crippen LogP contribution is -2.06. The predicted octanol–water partition coefficient (Wildman–Crippen LogP) is 4.95. The van der Waals surface area contributed by atoms with E-state index in [1.807, 2.05) is 0 Å². The Bertz CT molecular complexity index is 637. The number of rotatable bonds is 4. The van der Waals surface area contributed by atoms with E-state index in [1.165, 1.54) is 0 Å². The molecule has 0 aliphatic rings. The van der Waals surface area contributed by atoms with Gasteiger partial charge in [-0.2, -0.15) is 0 Å². The molecule has 7 heteroatoms. The average Bonchev–Trinajstić information content (AvgIpc) is 2.39. The van der Waals surface area contributed by atoms with Gasteiger partial charge in [0.25, 0.3) is 0 Å². The average molecular weight is 363 g/mol. The maximum atomic E-state index is 13.7. The van der Waals surface area contributed by atoms with Crippen LogP contribution in [0.1, 0.15) is 6.92 Å². The molecule has 2 aromatic rings. The van der Waals surface area contributed by atoms with Crippen molar-refractivity contribution in [3.8, 4) is 0 Å². The van der Waals surface area contributed by atoms with Crippen molar-refractivity contribution in [3.63, 3.8) is 0 Å². The monoisotopic (exact) mass is 361 g/mol. The second kappa shape index (κ2) is 6.37. The summed E-state index contributed by atoms with van der Waals surface area (Å²) in [6.07, 6.45) is 0. The van der Waals surface area contributed by atoms with Crippen LogP contribution in [0.15, 0.2) is 28.7 Å². The molecule has 0 saturated carbocycles. The van der Waals surface area contributed by atoms with Crippen molar-refractivity contribution in [2.75, 3.05) is 17.2 Å². The van der Waals surface area contributed by atoms with E-state index in [-0.39, 0.29) is 11.6 Å². The molecule has 20 heavy (non-hydrogen) atoms. The van der Waals surface area contributed by atoms with Crippen molar-refractivity contribution >= 4 is 44.9 Å². The molecule has 1 aromatic carbocycles. The van der Waals surface area contributed by atoms with Crippen LogP contribution in [-0.4, -0.2) is 11.5 Å². The third kappa shape index (κ3) is 3.37. The number of benzene rings is 1. The zero-order valence-electron chi connectivity index (χ0n) is 10.5. The van der Waals surface area contributed by atoms with E-state index in [2.05, 4.69) is 31.5 Å². The molecule has 0 unspecified atom stereocenters. The van der Waals surface area contributed by atoms with Crippen LogP contribution >= 0.6 is 27.5 Å². The molecule has 2 N–H and O–H groups in total. The summed E-state index contributed by atoms with van der Waals surface area (Å²) in [5.74, 6) is -1.60. The van der Waals surface area contributed by atoms with Crippen LogP contribution in [0.5, 0.6) is 0 Å². The van der Waals surface area contributed by atoms with Gasteiger partial charge in [-0.25, -0.2) is 13.8 Å². The summed E-state index contributed by atoms with van der Waals surface area (Å²) in [6.45, 7) is 2.28. The normalized spacial score (nSPS) is 10.4. The second-order valence-electron chi connectivity index (χ2n) is 3.93. The molecule has 0 amide bonds. The first-order valence-electron chi connectivity index (χ1n) is 5.83. The summed E-state index contributed by atoms with van der Waals surface area (Å²) in [5, 5.41) is 6.00. The number of aromatic nitrogens is 1. The first-order valence-corrected chi connectivity index (χ1v) is 7.00. The van der Waals surface area contributed by atoms with Crippen molar-refractivity contribution in [2.45, 2.75) is 6.92 Å². The minimum absolute atomic E-state index is 0.00505. The molecule has 0 aliphatic heterocycles. The Morgan fingerprint density at radius 3 is 2.60 bits per heavy atom. The molecule has 0 spiro atoms. The molecule has 106 valence electrons. The highest BCUT2D eigenvalue weighted by Gasteiger charge is 2.12. The van der Waals surface area contributed by atoms with E-state index >= 15 is 0 Å². The largest absolute Gasteiger partial charge is 0.368 e. The molecule has 1 heterocycles. The zero-order chi connectivity index (χ0) is 14.7. The smallest absolute Gasteiger partial charge is 0.169 e. The van der Waals surface area contributed by atoms with Crippen LogP contribution in [0.3, 0.4) is 0 Å². The number of anilines is 3. The highest BCUT2D eigenvalue weighted by atomic mass is 79.9. The Morgan fingerprint density at radius 2 is 1.90 bits per heavy atom. The van der Waals surface area contributed by atoms with E-state index in [0.717, 1.165) is 6.07 Å². The molecule has 3 nitrogen and oxygen atoms in total. The molecule has 0 radical (unpaired) electrons. The third-order valence-electron chi connectivity index (χ3n) is 2.46. The molecular formula is C13H11BrClF2N3. The van der Waals surface area contributed by atoms with Gasteiger partial charge in [-0.3, -0.25) is 0 Å². The summed E-state index contributed by atoms with van der Waals surface area (Å²) >= 11 is 9.20. The summed E-state index contributed by atoms with van der Waals surface area (Å²) in [6, 6.07) is 5.81. The van der Waals surface area contributed by atoms with Crippen molar-refractivity contribution in [2.24, 2.45) is 0 Å². The van der Waals surface area contributed by atoms with E-state index in [0.29, 0.717) is 21.7 Å². The lowest BCUT2D eigenvalue weighted by Gasteiger charge is -2.11. The molecule has 0 atom stereocenters. The van der Waals surface area contributed by atoms with Gasteiger partial charge >= 0.3 is 0 Å². The highest BCUT2D eigenvalue weighted by Crippen LogP contribution is 2.30. The van der Waals surface area contributed by atoms with Gasteiger partial charge in [0, 0.05) is 22.1 Å². The van der Waals surface area contributed by atoms with E-state index in [9.17, 15) is 8.78 Å². The number of halogens is 4. The fourth-order valence-corrected chi connectivity index (χ4v) is 2.08. The minimum Gasteiger partial charge on any atom is -0.368 e. The summed E-state index contributed by atoms with van der Waals surface area (Å²) < 4.78 is 27.9. The van der Waals surface area contributed by atoms with Crippen LogP contribution in [-0.2, 0) is 0 Å². The molecule has 0 fully saturated rings. The molecular weight excluding hydrogens is 352 g/mol. The van der Waals surface area contributed by atoms with Crippen LogP contribution < -0.4 is 10.6 Å². The molecule has 2 rings (SSSR count). The fourth-order valence-electron chi connectivity index (χ4n) is 1.57. The van der Waals surface area contributed by atoms with Crippen molar-refractivity contribution in [1.29, 1.82) is 0 Å². The molecule has 0 bridgehead atoms. The highest BCUT2D eigenvalue weighted by molar-refractivity contribution is 9.10. The van der Waals surface area contributed by atoms with Gasteiger partial charge in [-0.15, -0.1) is 0 Å². The van der Waals surface area contributed by atoms with Gasteiger partial charge in [-0.1, -0.05) is 11.6 Å². The number of hydrogen-bond acceptors (Lipinski definition) is 3. The van der Waals surface area contributed by atoms with E-state index in [1.54, 1.807) is 25.1 Å². The first-order chi connectivity index (χ1) is 9.51. The number of hydrogen-bond donors (Lipinski definition) is 2. The summed E-state index contributed by atoms with van der Waals surface area (Å²) in [4.78, 5) is 3.89. The van der Waals surface area contributed by atoms with Crippen LogP contribution in [0.25, 0.3) is 0 Å². The fraction of sp³-hybridized carbons (Fsp3) is 0.154. The van der Waals surface area contributed by atoms with Gasteiger partial charge in [-0.05, 0) is 41.1 Å². The van der Waals surface area contributed by atoms with E-state index in [4.69, 9.17) is 11.6 Å². The third-order valence-corrected chi connectivity index (χ3v) is 3.38. The maximum absolute atomic E-state index is 13.7.